The normalized spacial score (nSPS) is 11.7. The van der Waals surface area contributed by atoms with Crippen LogP contribution in [0.2, 0.25) is 0 Å². The zero-order chi connectivity index (χ0) is 13.9. The standard InChI is InChI=1S/C12H19Cl2N3O/c1-5-12(6-13,7-14)15-11(18)10-8(2)16-17(4)9(10)3/h5-7H2,1-4H3,(H,15,18). The van der Waals surface area contributed by atoms with Crippen molar-refractivity contribution in [3.05, 3.63) is 17.0 Å². The Balaban J connectivity index is 3.01. The molecule has 0 aromatic carbocycles. The summed E-state index contributed by atoms with van der Waals surface area (Å²) >= 11 is 11.8. The third-order valence-electron chi connectivity index (χ3n) is 3.30. The summed E-state index contributed by atoms with van der Waals surface area (Å²) < 4.78 is 1.69. The van der Waals surface area contributed by atoms with E-state index in [1.807, 2.05) is 27.8 Å². The number of nitrogens with zero attached hydrogens (tertiary/aromatic N) is 2. The molecule has 0 saturated heterocycles. The van der Waals surface area contributed by atoms with Crippen molar-refractivity contribution in [1.82, 2.24) is 15.1 Å². The van der Waals surface area contributed by atoms with Crippen LogP contribution in [-0.2, 0) is 7.05 Å². The highest BCUT2D eigenvalue weighted by Gasteiger charge is 2.30. The molecular formula is C12H19Cl2N3O. The Labute approximate surface area is 118 Å². The van der Waals surface area contributed by atoms with Gasteiger partial charge in [-0.25, -0.2) is 0 Å². The highest BCUT2D eigenvalue weighted by molar-refractivity contribution is 6.22. The zero-order valence-corrected chi connectivity index (χ0v) is 12.7. The molecule has 1 aromatic rings. The van der Waals surface area contributed by atoms with Crippen LogP contribution in [0.4, 0.5) is 0 Å². The smallest absolute Gasteiger partial charge is 0.255 e. The van der Waals surface area contributed by atoms with Gasteiger partial charge in [-0.3, -0.25) is 9.48 Å². The maximum atomic E-state index is 12.3. The maximum Gasteiger partial charge on any atom is 0.255 e. The van der Waals surface area contributed by atoms with Gasteiger partial charge in [0.25, 0.3) is 5.91 Å². The van der Waals surface area contributed by atoms with Gasteiger partial charge < -0.3 is 5.32 Å². The molecule has 0 spiro atoms. The molecule has 1 N–H and O–H groups in total. The lowest BCUT2D eigenvalue weighted by Crippen LogP contribution is -2.51. The fourth-order valence-electron chi connectivity index (χ4n) is 1.79. The maximum absolute atomic E-state index is 12.3. The van der Waals surface area contributed by atoms with Crippen LogP contribution in [0.1, 0.15) is 35.1 Å². The Morgan fingerprint density at radius 1 is 1.39 bits per heavy atom. The Morgan fingerprint density at radius 2 is 1.94 bits per heavy atom. The van der Waals surface area contributed by atoms with Gasteiger partial charge in [-0.1, -0.05) is 6.92 Å². The van der Waals surface area contributed by atoms with Crippen LogP contribution in [0.3, 0.4) is 0 Å². The van der Waals surface area contributed by atoms with E-state index in [0.29, 0.717) is 17.7 Å². The molecule has 0 bridgehead atoms. The molecule has 0 atom stereocenters. The quantitative estimate of drug-likeness (QED) is 0.847. The monoisotopic (exact) mass is 291 g/mol. The SMILES string of the molecule is CCC(CCl)(CCl)NC(=O)c1c(C)nn(C)c1C. The van der Waals surface area contributed by atoms with Crippen molar-refractivity contribution in [2.24, 2.45) is 7.05 Å². The number of aromatic nitrogens is 2. The van der Waals surface area contributed by atoms with Gasteiger partial charge in [-0.15, -0.1) is 23.2 Å². The molecule has 0 aliphatic rings. The molecule has 1 amide bonds. The predicted octanol–water partition coefficient (Wildman–Crippen LogP) is 2.39. The Kier molecular flexibility index (Phi) is 5.05. The van der Waals surface area contributed by atoms with Gasteiger partial charge in [0.2, 0.25) is 0 Å². The Hall–Kier alpha value is -0.740. The molecule has 102 valence electrons. The van der Waals surface area contributed by atoms with Crippen molar-refractivity contribution in [2.45, 2.75) is 32.7 Å². The van der Waals surface area contributed by atoms with Crippen LogP contribution in [0.5, 0.6) is 0 Å². The van der Waals surface area contributed by atoms with Crippen LogP contribution in [0, 0.1) is 13.8 Å². The molecule has 18 heavy (non-hydrogen) atoms. The number of amides is 1. The minimum atomic E-state index is -0.561. The van der Waals surface area contributed by atoms with E-state index in [-0.39, 0.29) is 17.7 Å². The predicted molar refractivity (Wildman–Crippen MR) is 74.6 cm³/mol. The lowest BCUT2D eigenvalue weighted by molar-refractivity contribution is 0.0912. The molecule has 0 radical (unpaired) electrons. The van der Waals surface area contributed by atoms with Gasteiger partial charge in [0.1, 0.15) is 0 Å². The minimum absolute atomic E-state index is 0.166. The van der Waals surface area contributed by atoms with E-state index in [9.17, 15) is 4.79 Å². The molecule has 0 fully saturated rings. The number of carbonyl (C=O) groups is 1. The number of rotatable bonds is 5. The number of hydrogen-bond acceptors (Lipinski definition) is 2. The topological polar surface area (TPSA) is 46.9 Å². The molecule has 0 aliphatic heterocycles. The minimum Gasteiger partial charge on any atom is -0.344 e. The summed E-state index contributed by atoms with van der Waals surface area (Å²) in [7, 11) is 1.81. The molecular weight excluding hydrogens is 273 g/mol. The summed E-state index contributed by atoms with van der Waals surface area (Å²) in [6.45, 7) is 5.63. The number of alkyl halides is 2. The van der Waals surface area contributed by atoms with Gasteiger partial charge in [-0.2, -0.15) is 5.10 Å². The number of nitrogens with one attached hydrogen (secondary N) is 1. The summed E-state index contributed by atoms with van der Waals surface area (Å²) in [5.74, 6) is 0.412. The van der Waals surface area contributed by atoms with E-state index < -0.39 is 5.54 Å². The van der Waals surface area contributed by atoms with Crippen LogP contribution in [0.15, 0.2) is 0 Å². The fourth-order valence-corrected chi connectivity index (χ4v) is 2.58. The van der Waals surface area contributed by atoms with Crippen LogP contribution in [-0.4, -0.2) is 33.0 Å². The Bertz CT molecular complexity index is 431. The number of aryl methyl sites for hydroxylation is 2. The number of halogens is 2. The van der Waals surface area contributed by atoms with E-state index >= 15 is 0 Å². The van der Waals surface area contributed by atoms with Crippen molar-refractivity contribution in [1.29, 1.82) is 0 Å². The van der Waals surface area contributed by atoms with E-state index in [1.54, 1.807) is 4.68 Å². The first-order valence-electron chi connectivity index (χ1n) is 5.85. The summed E-state index contributed by atoms with van der Waals surface area (Å²) in [6.07, 6.45) is 0.685. The third kappa shape index (κ3) is 2.81. The second-order valence-electron chi connectivity index (χ2n) is 4.52. The highest BCUT2D eigenvalue weighted by atomic mass is 35.5. The second-order valence-corrected chi connectivity index (χ2v) is 5.06. The van der Waals surface area contributed by atoms with Gasteiger partial charge in [0.15, 0.2) is 0 Å². The molecule has 1 rings (SSSR count). The molecule has 1 aromatic heterocycles. The number of carbonyl (C=O) groups excluding carboxylic acids is 1. The summed E-state index contributed by atoms with van der Waals surface area (Å²) in [5.41, 5.74) is 1.58. The molecule has 0 aliphatic carbocycles. The third-order valence-corrected chi connectivity index (χ3v) is 4.33. The van der Waals surface area contributed by atoms with Crippen LogP contribution in [0.25, 0.3) is 0 Å². The zero-order valence-electron chi connectivity index (χ0n) is 11.2. The van der Waals surface area contributed by atoms with Crippen LogP contribution >= 0.6 is 23.2 Å². The fraction of sp³-hybridized carbons (Fsp3) is 0.667. The lowest BCUT2D eigenvalue weighted by Gasteiger charge is -2.29. The van der Waals surface area contributed by atoms with Gasteiger partial charge in [-0.05, 0) is 20.3 Å². The molecule has 4 nitrogen and oxygen atoms in total. The number of hydrogen-bond donors (Lipinski definition) is 1. The van der Waals surface area contributed by atoms with E-state index in [4.69, 9.17) is 23.2 Å². The van der Waals surface area contributed by atoms with Crippen molar-refractivity contribution in [3.63, 3.8) is 0 Å². The molecule has 0 saturated carbocycles. The first-order chi connectivity index (χ1) is 8.40. The Morgan fingerprint density at radius 3 is 2.28 bits per heavy atom. The van der Waals surface area contributed by atoms with Gasteiger partial charge in [0, 0.05) is 24.5 Å². The van der Waals surface area contributed by atoms with Crippen molar-refractivity contribution >= 4 is 29.1 Å². The van der Waals surface area contributed by atoms with E-state index in [2.05, 4.69) is 10.4 Å². The first-order valence-corrected chi connectivity index (χ1v) is 6.92. The average Bonchev–Trinajstić information content (AvgIpc) is 2.60. The van der Waals surface area contributed by atoms with Crippen molar-refractivity contribution in [3.8, 4) is 0 Å². The van der Waals surface area contributed by atoms with E-state index in [0.717, 1.165) is 5.69 Å². The molecule has 6 heteroatoms. The largest absolute Gasteiger partial charge is 0.344 e. The van der Waals surface area contributed by atoms with Crippen LogP contribution < -0.4 is 5.32 Å². The summed E-state index contributed by atoms with van der Waals surface area (Å²) in [4.78, 5) is 12.3. The van der Waals surface area contributed by atoms with Crippen molar-refractivity contribution < 1.29 is 4.79 Å². The summed E-state index contributed by atoms with van der Waals surface area (Å²) in [5, 5.41) is 7.16. The van der Waals surface area contributed by atoms with Gasteiger partial charge >= 0.3 is 0 Å². The molecule has 0 unspecified atom stereocenters. The van der Waals surface area contributed by atoms with Crippen molar-refractivity contribution in [2.75, 3.05) is 11.8 Å². The highest BCUT2D eigenvalue weighted by Crippen LogP contribution is 2.18. The first kappa shape index (κ1) is 15.3. The summed E-state index contributed by atoms with van der Waals surface area (Å²) in [6, 6.07) is 0. The molecule has 1 heterocycles. The lowest BCUT2D eigenvalue weighted by atomic mass is 10.0. The second kappa shape index (κ2) is 5.93. The van der Waals surface area contributed by atoms with E-state index in [1.165, 1.54) is 0 Å². The van der Waals surface area contributed by atoms with Gasteiger partial charge in [0.05, 0.1) is 16.8 Å². The average molecular weight is 292 g/mol.